The summed E-state index contributed by atoms with van der Waals surface area (Å²) in [6.07, 6.45) is -0.994. The van der Waals surface area contributed by atoms with Gasteiger partial charge in [0.15, 0.2) is 6.10 Å². The van der Waals surface area contributed by atoms with Crippen molar-refractivity contribution in [3.05, 3.63) is 0 Å². The van der Waals surface area contributed by atoms with E-state index >= 15 is 0 Å². The number of aliphatic carboxylic acids is 1. The molecule has 0 aromatic rings. The summed E-state index contributed by atoms with van der Waals surface area (Å²) in [7, 11) is 0. The highest BCUT2D eigenvalue weighted by atomic mass is 16.6. The highest BCUT2D eigenvalue weighted by Crippen LogP contribution is 1.91. The third kappa shape index (κ3) is 17.0. The van der Waals surface area contributed by atoms with Crippen LogP contribution in [0.25, 0.3) is 0 Å². The lowest BCUT2D eigenvalue weighted by atomic mass is 10.2. The number of aliphatic hydroxyl groups excluding tert-OH is 1. The number of hydrogen-bond donors (Lipinski definition) is 3. The van der Waals surface area contributed by atoms with Crippen molar-refractivity contribution in [3.8, 4) is 0 Å². The van der Waals surface area contributed by atoms with Crippen molar-refractivity contribution < 1.29 is 43.5 Å². The second-order valence-electron chi connectivity index (χ2n) is 4.81. The molecule has 0 aliphatic carbocycles. The van der Waals surface area contributed by atoms with Gasteiger partial charge in [0, 0.05) is 13.0 Å². The van der Waals surface area contributed by atoms with Gasteiger partial charge in [-0.1, -0.05) is 0 Å². The first-order chi connectivity index (χ1) is 12.1. The fraction of sp³-hybridized carbons (Fsp3) is 0.800. The van der Waals surface area contributed by atoms with Crippen LogP contribution in [0.15, 0.2) is 0 Å². The summed E-state index contributed by atoms with van der Waals surface area (Å²) >= 11 is 0. The number of ether oxygens (including phenoxy) is 4. The quantitative estimate of drug-likeness (QED) is 0.197. The Bertz CT molecular complexity index is 365. The molecule has 3 N–H and O–H groups in total. The zero-order valence-electron chi connectivity index (χ0n) is 14.2. The summed E-state index contributed by atoms with van der Waals surface area (Å²) in [5.41, 5.74) is 0. The number of carbonyl (C=O) groups is 3. The van der Waals surface area contributed by atoms with Crippen molar-refractivity contribution in [2.45, 2.75) is 18.9 Å². The molecule has 1 atom stereocenters. The summed E-state index contributed by atoms with van der Waals surface area (Å²) in [6.45, 7) is 3.33. The Labute approximate surface area is 146 Å². The van der Waals surface area contributed by atoms with Gasteiger partial charge < -0.3 is 39.3 Å². The molecule has 0 saturated heterocycles. The highest BCUT2D eigenvalue weighted by molar-refractivity contribution is 5.83. The predicted molar refractivity (Wildman–Crippen MR) is 85.2 cm³/mol. The Hall–Kier alpha value is -1.59. The van der Waals surface area contributed by atoms with Crippen LogP contribution in [0, 0.1) is 0 Å². The molecule has 1 unspecified atom stereocenters. The molecule has 10 heteroatoms. The lowest BCUT2D eigenvalue weighted by molar-refractivity contribution is -0.149. The standard InChI is InChI=1S/C15H27NO9/c17-3-1-4-22-6-8-24-10-11-25-9-7-23-5-2-16-14(19)12-13(18)15(20)21/h3,13,18H,1-2,4-12H2,(H,16,19)(H,20,21). The molecule has 0 heterocycles. The van der Waals surface area contributed by atoms with Crippen molar-refractivity contribution in [2.24, 2.45) is 0 Å². The van der Waals surface area contributed by atoms with E-state index in [0.717, 1.165) is 6.29 Å². The maximum absolute atomic E-state index is 11.2. The summed E-state index contributed by atoms with van der Waals surface area (Å²) < 4.78 is 20.8. The van der Waals surface area contributed by atoms with E-state index in [2.05, 4.69) is 5.32 Å². The van der Waals surface area contributed by atoms with Gasteiger partial charge in [0.25, 0.3) is 0 Å². The van der Waals surface area contributed by atoms with Gasteiger partial charge in [-0.15, -0.1) is 0 Å². The van der Waals surface area contributed by atoms with Crippen LogP contribution in [-0.4, -0.2) is 93.9 Å². The number of carbonyl (C=O) groups excluding carboxylic acids is 2. The van der Waals surface area contributed by atoms with Crippen LogP contribution >= 0.6 is 0 Å². The lowest BCUT2D eigenvalue weighted by Gasteiger charge is -2.08. The zero-order valence-corrected chi connectivity index (χ0v) is 14.2. The van der Waals surface area contributed by atoms with E-state index in [9.17, 15) is 14.4 Å². The lowest BCUT2D eigenvalue weighted by Crippen LogP contribution is -2.33. The van der Waals surface area contributed by atoms with Gasteiger partial charge in [0.1, 0.15) is 6.29 Å². The molecule has 0 fully saturated rings. The van der Waals surface area contributed by atoms with Crippen LogP contribution in [0.3, 0.4) is 0 Å². The van der Waals surface area contributed by atoms with Crippen LogP contribution in [-0.2, 0) is 33.3 Å². The number of carboxylic acid groups (broad SMARTS) is 1. The summed E-state index contributed by atoms with van der Waals surface area (Å²) in [5.74, 6) is -1.99. The van der Waals surface area contributed by atoms with Crippen LogP contribution in [0.5, 0.6) is 0 Å². The third-order valence-corrected chi connectivity index (χ3v) is 2.73. The smallest absolute Gasteiger partial charge is 0.333 e. The Morgan fingerprint density at radius 2 is 1.36 bits per heavy atom. The molecule has 0 radical (unpaired) electrons. The Kier molecular flexibility index (Phi) is 16.1. The fourth-order valence-electron chi connectivity index (χ4n) is 1.49. The van der Waals surface area contributed by atoms with Crippen molar-refractivity contribution >= 4 is 18.2 Å². The molecule has 1 amide bonds. The van der Waals surface area contributed by atoms with E-state index in [1.165, 1.54) is 0 Å². The minimum Gasteiger partial charge on any atom is -0.479 e. The monoisotopic (exact) mass is 365 g/mol. The van der Waals surface area contributed by atoms with Crippen LogP contribution in [0.4, 0.5) is 0 Å². The Morgan fingerprint density at radius 1 is 0.880 bits per heavy atom. The number of rotatable bonds is 18. The first-order valence-electron chi connectivity index (χ1n) is 8.00. The van der Waals surface area contributed by atoms with Gasteiger partial charge in [-0.2, -0.15) is 0 Å². The molecule has 0 aliphatic heterocycles. The molecule has 0 bridgehead atoms. The fourth-order valence-corrected chi connectivity index (χ4v) is 1.49. The molecule has 0 aromatic heterocycles. The summed E-state index contributed by atoms with van der Waals surface area (Å²) in [6, 6.07) is 0. The van der Waals surface area contributed by atoms with Crippen LogP contribution in [0.1, 0.15) is 12.8 Å². The average Bonchev–Trinajstić information content (AvgIpc) is 2.58. The first kappa shape index (κ1) is 23.4. The third-order valence-electron chi connectivity index (χ3n) is 2.73. The van der Waals surface area contributed by atoms with E-state index < -0.39 is 24.4 Å². The second-order valence-corrected chi connectivity index (χ2v) is 4.81. The maximum atomic E-state index is 11.2. The molecule has 25 heavy (non-hydrogen) atoms. The number of carboxylic acids is 1. The molecular weight excluding hydrogens is 338 g/mol. The van der Waals surface area contributed by atoms with Crippen molar-refractivity contribution in [1.29, 1.82) is 0 Å². The second kappa shape index (κ2) is 17.2. The Balaban J connectivity index is 3.20. The largest absolute Gasteiger partial charge is 0.479 e. The minimum atomic E-state index is -1.69. The first-order valence-corrected chi connectivity index (χ1v) is 8.00. The number of nitrogens with one attached hydrogen (secondary N) is 1. The van der Waals surface area contributed by atoms with E-state index in [1.807, 2.05) is 0 Å². The Morgan fingerprint density at radius 3 is 1.84 bits per heavy atom. The highest BCUT2D eigenvalue weighted by Gasteiger charge is 2.17. The van der Waals surface area contributed by atoms with Crippen LogP contribution < -0.4 is 5.32 Å². The average molecular weight is 365 g/mol. The molecule has 10 nitrogen and oxygen atoms in total. The van der Waals surface area contributed by atoms with E-state index in [0.29, 0.717) is 52.7 Å². The topological polar surface area (TPSA) is 141 Å². The van der Waals surface area contributed by atoms with Crippen LogP contribution in [0.2, 0.25) is 0 Å². The molecular formula is C15H27NO9. The van der Waals surface area contributed by atoms with E-state index in [1.54, 1.807) is 0 Å². The predicted octanol–water partition coefficient (Wildman–Crippen LogP) is -1.41. The van der Waals surface area contributed by atoms with Crippen molar-refractivity contribution in [2.75, 3.05) is 59.4 Å². The molecule has 0 spiro atoms. The van der Waals surface area contributed by atoms with Gasteiger partial charge in [-0.05, 0) is 0 Å². The minimum absolute atomic E-state index is 0.221. The molecule has 0 rings (SSSR count). The molecule has 0 aromatic carbocycles. The molecule has 0 saturated carbocycles. The zero-order chi connectivity index (χ0) is 18.8. The van der Waals surface area contributed by atoms with E-state index in [4.69, 9.17) is 29.2 Å². The van der Waals surface area contributed by atoms with E-state index in [-0.39, 0.29) is 13.2 Å². The van der Waals surface area contributed by atoms with Gasteiger partial charge in [0.2, 0.25) is 5.91 Å². The van der Waals surface area contributed by atoms with Gasteiger partial charge in [-0.3, -0.25) is 4.79 Å². The number of hydrogen-bond acceptors (Lipinski definition) is 8. The van der Waals surface area contributed by atoms with Gasteiger partial charge >= 0.3 is 5.97 Å². The molecule has 0 aliphatic rings. The SMILES string of the molecule is O=CCCOCCOCCOCCOCCNC(=O)CC(O)C(=O)O. The van der Waals surface area contributed by atoms with Gasteiger partial charge in [-0.25, -0.2) is 4.79 Å². The van der Waals surface area contributed by atoms with Gasteiger partial charge in [0.05, 0.1) is 59.3 Å². The number of amides is 1. The van der Waals surface area contributed by atoms with Crippen molar-refractivity contribution in [3.63, 3.8) is 0 Å². The van der Waals surface area contributed by atoms with Crippen molar-refractivity contribution in [1.82, 2.24) is 5.32 Å². The maximum Gasteiger partial charge on any atom is 0.333 e. The number of aliphatic hydroxyl groups is 1. The summed E-state index contributed by atoms with van der Waals surface area (Å²) in [4.78, 5) is 31.6. The normalized spacial score (nSPS) is 11.9. The summed E-state index contributed by atoms with van der Waals surface area (Å²) in [5, 5.41) is 19.9. The molecule has 146 valence electrons. The number of aldehydes is 1.